The van der Waals surface area contributed by atoms with Crippen LogP contribution < -0.4 is 5.32 Å². The summed E-state index contributed by atoms with van der Waals surface area (Å²) in [5.74, 6) is 2.15. The fourth-order valence-electron chi connectivity index (χ4n) is 1.99. The highest BCUT2D eigenvalue weighted by Crippen LogP contribution is 2.20. The Morgan fingerprint density at radius 3 is 2.44 bits per heavy atom. The third kappa shape index (κ3) is 5.78. The van der Waals surface area contributed by atoms with Crippen LogP contribution in [0.1, 0.15) is 38.8 Å². The molecule has 0 aromatic heterocycles. The number of hydrogen-bond acceptors (Lipinski definition) is 2. The van der Waals surface area contributed by atoms with Crippen molar-refractivity contribution < 1.29 is 4.21 Å². The van der Waals surface area contributed by atoms with E-state index in [0.717, 1.165) is 24.5 Å². The molecule has 0 radical (unpaired) electrons. The maximum absolute atomic E-state index is 11.4. The molecule has 2 nitrogen and oxygen atoms in total. The first-order chi connectivity index (χ1) is 8.63. The van der Waals surface area contributed by atoms with Gasteiger partial charge in [-0.15, -0.1) is 0 Å². The summed E-state index contributed by atoms with van der Waals surface area (Å²) >= 11 is 0. The molecular formula is C15H25NOS. The highest BCUT2D eigenvalue weighted by atomic mass is 32.2. The van der Waals surface area contributed by atoms with Gasteiger partial charge in [0, 0.05) is 34.9 Å². The van der Waals surface area contributed by atoms with Gasteiger partial charge in [-0.1, -0.05) is 51.1 Å². The molecule has 3 heteroatoms. The van der Waals surface area contributed by atoms with Crippen molar-refractivity contribution in [2.75, 3.05) is 18.1 Å². The van der Waals surface area contributed by atoms with Gasteiger partial charge in [0.05, 0.1) is 0 Å². The Morgan fingerprint density at radius 1 is 1.22 bits per heavy atom. The van der Waals surface area contributed by atoms with E-state index in [2.05, 4.69) is 43.4 Å². The van der Waals surface area contributed by atoms with Crippen molar-refractivity contribution in [2.24, 2.45) is 5.92 Å². The molecular weight excluding hydrogens is 242 g/mol. The van der Waals surface area contributed by atoms with Crippen molar-refractivity contribution in [1.29, 1.82) is 0 Å². The second-order valence-corrected chi connectivity index (χ2v) is 6.84. The van der Waals surface area contributed by atoms with E-state index in [1.54, 1.807) is 0 Å². The second kappa shape index (κ2) is 8.44. The SMILES string of the molecule is CCS(=O)CCNC(CC(C)C)c1ccccc1. The number of nitrogens with one attached hydrogen (secondary N) is 1. The molecule has 1 aromatic carbocycles. The molecule has 0 saturated carbocycles. The summed E-state index contributed by atoms with van der Waals surface area (Å²) in [6, 6.07) is 10.9. The zero-order valence-electron chi connectivity index (χ0n) is 11.7. The average molecular weight is 267 g/mol. The van der Waals surface area contributed by atoms with Gasteiger partial charge in [0.2, 0.25) is 0 Å². The van der Waals surface area contributed by atoms with Gasteiger partial charge >= 0.3 is 0 Å². The van der Waals surface area contributed by atoms with E-state index in [1.165, 1.54) is 5.56 Å². The summed E-state index contributed by atoms with van der Waals surface area (Å²) in [5.41, 5.74) is 1.33. The van der Waals surface area contributed by atoms with Crippen LogP contribution in [-0.2, 0) is 10.8 Å². The predicted molar refractivity (Wildman–Crippen MR) is 80.2 cm³/mol. The van der Waals surface area contributed by atoms with Gasteiger partial charge in [0.15, 0.2) is 0 Å². The normalized spacial score (nSPS) is 14.7. The molecule has 102 valence electrons. The van der Waals surface area contributed by atoms with Crippen LogP contribution in [-0.4, -0.2) is 22.3 Å². The lowest BCUT2D eigenvalue weighted by Gasteiger charge is -2.21. The lowest BCUT2D eigenvalue weighted by molar-refractivity contribution is 0.439. The van der Waals surface area contributed by atoms with E-state index in [1.807, 2.05) is 13.0 Å². The lowest BCUT2D eigenvalue weighted by Crippen LogP contribution is -2.27. The van der Waals surface area contributed by atoms with Gasteiger partial charge in [-0.3, -0.25) is 4.21 Å². The lowest BCUT2D eigenvalue weighted by atomic mass is 9.97. The van der Waals surface area contributed by atoms with Crippen molar-refractivity contribution >= 4 is 10.8 Å². The smallest absolute Gasteiger partial charge is 0.0360 e. The van der Waals surface area contributed by atoms with Crippen LogP contribution in [0, 0.1) is 5.92 Å². The fourth-order valence-corrected chi connectivity index (χ4v) is 2.62. The summed E-state index contributed by atoms with van der Waals surface area (Å²) in [7, 11) is -0.675. The molecule has 1 N–H and O–H groups in total. The molecule has 0 fully saturated rings. The summed E-state index contributed by atoms with van der Waals surface area (Å²) in [4.78, 5) is 0. The minimum Gasteiger partial charge on any atom is -0.309 e. The molecule has 0 spiro atoms. The van der Waals surface area contributed by atoms with Crippen LogP contribution in [0.2, 0.25) is 0 Å². The minimum atomic E-state index is -0.675. The van der Waals surface area contributed by atoms with E-state index < -0.39 is 10.8 Å². The van der Waals surface area contributed by atoms with E-state index in [9.17, 15) is 4.21 Å². The Balaban J connectivity index is 2.54. The Kier molecular flexibility index (Phi) is 7.21. The molecule has 0 aliphatic heterocycles. The van der Waals surface area contributed by atoms with Gasteiger partial charge in [0.1, 0.15) is 0 Å². The molecule has 0 bridgehead atoms. The van der Waals surface area contributed by atoms with Crippen molar-refractivity contribution in [2.45, 2.75) is 33.2 Å². The first kappa shape index (κ1) is 15.4. The number of benzene rings is 1. The molecule has 1 rings (SSSR count). The van der Waals surface area contributed by atoms with Gasteiger partial charge in [0.25, 0.3) is 0 Å². The zero-order valence-corrected chi connectivity index (χ0v) is 12.5. The molecule has 0 aliphatic carbocycles. The molecule has 2 unspecified atom stereocenters. The summed E-state index contributed by atoms with van der Waals surface area (Å²) in [6.07, 6.45) is 1.11. The van der Waals surface area contributed by atoms with Crippen LogP contribution in [0.25, 0.3) is 0 Å². The third-order valence-corrected chi connectivity index (χ3v) is 4.25. The second-order valence-electron chi connectivity index (χ2n) is 4.98. The molecule has 18 heavy (non-hydrogen) atoms. The maximum atomic E-state index is 11.4. The van der Waals surface area contributed by atoms with Gasteiger partial charge < -0.3 is 5.32 Å². The van der Waals surface area contributed by atoms with E-state index in [-0.39, 0.29) is 0 Å². The first-order valence-electron chi connectivity index (χ1n) is 6.76. The quantitative estimate of drug-likeness (QED) is 0.784. The Morgan fingerprint density at radius 2 is 1.89 bits per heavy atom. The fraction of sp³-hybridized carbons (Fsp3) is 0.600. The van der Waals surface area contributed by atoms with Crippen LogP contribution >= 0.6 is 0 Å². The number of hydrogen-bond donors (Lipinski definition) is 1. The van der Waals surface area contributed by atoms with Gasteiger partial charge in [-0.25, -0.2) is 0 Å². The first-order valence-corrected chi connectivity index (χ1v) is 8.25. The molecule has 0 saturated heterocycles. The molecule has 2 atom stereocenters. The van der Waals surface area contributed by atoms with E-state index in [0.29, 0.717) is 12.0 Å². The third-order valence-electron chi connectivity index (χ3n) is 2.95. The molecule has 0 amide bonds. The zero-order chi connectivity index (χ0) is 13.4. The largest absolute Gasteiger partial charge is 0.309 e. The minimum absolute atomic E-state index is 0.375. The summed E-state index contributed by atoms with van der Waals surface area (Å²) < 4.78 is 11.4. The molecule has 0 heterocycles. The average Bonchev–Trinajstić information content (AvgIpc) is 2.38. The number of rotatable bonds is 8. The summed E-state index contributed by atoms with van der Waals surface area (Å²) in [5, 5.41) is 3.54. The van der Waals surface area contributed by atoms with Crippen molar-refractivity contribution in [3.63, 3.8) is 0 Å². The highest BCUT2D eigenvalue weighted by molar-refractivity contribution is 7.84. The molecule has 1 aromatic rings. The Bertz CT molecular complexity index is 351. The van der Waals surface area contributed by atoms with Crippen LogP contribution in [0.15, 0.2) is 30.3 Å². The standard InChI is InChI=1S/C15H25NOS/c1-4-18(17)11-10-16-15(12-13(2)3)14-8-6-5-7-9-14/h5-9,13,15-16H,4,10-12H2,1-3H3. The molecule has 0 aliphatic rings. The van der Waals surface area contributed by atoms with E-state index in [4.69, 9.17) is 0 Å². The van der Waals surface area contributed by atoms with Crippen molar-refractivity contribution in [3.05, 3.63) is 35.9 Å². The van der Waals surface area contributed by atoms with Crippen LogP contribution in [0.3, 0.4) is 0 Å². The van der Waals surface area contributed by atoms with Crippen LogP contribution in [0.4, 0.5) is 0 Å². The monoisotopic (exact) mass is 267 g/mol. The van der Waals surface area contributed by atoms with Crippen LogP contribution in [0.5, 0.6) is 0 Å². The van der Waals surface area contributed by atoms with Crippen molar-refractivity contribution in [3.8, 4) is 0 Å². The topological polar surface area (TPSA) is 29.1 Å². The van der Waals surface area contributed by atoms with Crippen molar-refractivity contribution in [1.82, 2.24) is 5.32 Å². The van der Waals surface area contributed by atoms with Gasteiger partial charge in [-0.2, -0.15) is 0 Å². The van der Waals surface area contributed by atoms with E-state index >= 15 is 0 Å². The highest BCUT2D eigenvalue weighted by Gasteiger charge is 2.12. The predicted octanol–water partition coefficient (Wildman–Crippen LogP) is 3.13. The maximum Gasteiger partial charge on any atom is 0.0360 e. The Labute approximate surface area is 114 Å². The summed E-state index contributed by atoms with van der Waals surface area (Å²) in [6.45, 7) is 7.27. The van der Waals surface area contributed by atoms with Gasteiger partial charge in [-0.05, 0) is 17.9 Å². The Hall–Kier alpha value is -0.670.